The van der Waals surface area contributed by atoms with E-state index in [0.717, 1.165) is 11.1 Å². The molecule has 1 unspecified atom stereocenters. The highest BCUT2D eigenvalue weighted by molar-refractivity contribution is 6.03. The molecule has 0 saturated carbocycles. The third-order valence-corrected chi connectivity index (χ3v) is 4.09. The van der Waals surface area contributed by atoms with Crippen molar-refractivity contribution in [3.05, 3.63) is 64.7 Å². The zero-order chi connectivity index (χ0) is 15.7. The summed E-state index contributed by atoms with van der Waals surface area (Å²) in [4.78, 5) is 24.3. The van der Waals surface area contributed by atoms with Crippen LogP contribution in [-0.2, 0) is 17.6 Å². The minimum Gasteiger partial charge on any atom is -0.508 e. The summed E-state index contributed by atoms with van der Waals surface area (Å²) in [6.45, 7) is 0. The van der Waals surface area contributed by atoms with Gasteiger partial charge in [0.1, 0.15) is 5.75 Å². The molecule has 4 heteroatoms. The Kier molecular flexibility index (Phi) is 3.67. The molecular weight excluding hydrogens is 280 g/mol. The lowest BCUT2D eigenvalue weighted by molar-refractivity contribution is 0.0598. The van der Waals surface area contributed by atoms with E-state index in [1.165, 1.54) is 13.2 Å². The zero-order valence-corrected chi connectivity index (χ0v) is 12.2. The van der Waals surface area contributed by atoms with Gasteiger partial charge in [0.2, 0.25) is 0 Å². The van der Waals surface area contributed by atoms with Crippen molar-refractivity contribution in [1.29, 1.82) is 0 Å². The van der Waals surface area contributed by atoms with Crippen molar-refractivity contribution in [3.63, 3.8) is 0 Å². The molecule has 0 heterocycles. The summed E-state index contributed by atoms with van der Waals surface area (Å²) < 4.78 is 4.79. The number of phenols is 1. The Bertz CT molecular complexity index is 749. The fraction of sp³-hybridized carbons (Fsp3) is 0.222. The number of fused-ring (bicyclic) bond motifs is 1. The van der Waals surface area contributed by atoms with Crippen LogP contribution in [0.5, 0.6) is 5.75 Å². The van der Waals surface area contributed by atoms with Gasteiger partial charge in [-0.2, -0.15) is 0 Å². The van der Waals surface area contributed by atoms with Gasteiger partial charge < -0.3 is 9.84 Å². The minimum atomic E-state index is -0.392. The molecule has 22 heavy (non-hydrogen) atoms. The van der Waals surface area contributed by atoms with Crippen LogP contribution in [0.15, 0.2) is 42.5 Å². The number of hydrogen-bond acceptors (Lipinski definition) is 4. The number of ether oxygens (including phenoxy) is 1. The number of Topliss-reactive ketones (excluding diaryl/α,β-unsaturated/α-hetero) is 1. The van der Waals surface area contributed by atoms with E-state index in [9.17, 15) is 14.7 Å². The summed E-state index contributed by atoms with van der Waals surface area (Å²) in [6.07, 6.45) is 1.11. The molecule has 1 atom stereocenters. The van der Waals surface area contributed by atoms with Crippen LogP contribution in [-0.4, -0.2) is 24.0 Å². The quantitative estimate of drug-likeness (QED) is 0.885. The highest BCUT2D eigenvalue weighted by Gasteiger charge is 2.31. The highest BCUT2D eigenvalue weighted by Crippen LogP contribution is 2.32. The van der Waals surface area contributed by atoms with Crippen molar-refractivity contribution in [3.8, 4) is 5.75 Å². The zero-order valence-electron chi connectivity index (χ0n) is 12.2. The number of methoxy groups -OCH3 is 1. The van der Waals surface area contributed by atoms with Gasteiger partial charge in [-0.25, -0.2) is 4.79 Å². The maximum Gasteiger partial charge on any atom is 0.338 e. The van der Waals surface area contributed by atoms with Crippen molar-refractivity contribution in [2.45, 2.75) is 12.8 Å². The summed E-state index contributed by atoms with van der Waals surface area (Å²) in [5.74, 6) is -0.480. The number of phenolic OH excluding ortho intramolecular Hbond substituents is 1. The predicted octanol–water partition coefficient (Wildman–Crippen LogP) is 2.78. The molecule has 112 valence electrons. The van der Waals surface area contributed by atoms with Gasteiger partial charge >= 0.3 is 5.97 Å². The van der Waals surface area contributed by atoms with Gasteiger partial charge in [-0.1, -0.05) is 24.3 Å². The lowest BCUT2D eigenvalue weighted by Gasteiger charge is -2.11. The molecule has 1 aliphatic carbocycles. The van der Waals surface area contributed by atoms with E-state index < -0.39 is 5.97 Å². The lowest BCUT2D eigenvalue weighted by atomic mass is 9.93. The van der Waals surface area contributed by atoms with E-state index in [0.29, 0.717) is 24.0 Å². The summed E-state index contributed by atoms with van der Waals surface area (Å²) in [6, 6.07) is 12.1. The second-order valence-corrected chi connectivity index (χ2v) is 5.46. The van der Waals surface area contributed by atoms with E-state index >= 15 is 0 Å². The summed E-state index contributed by atoms with van der Waals surface area (Å²) in [7, 11) is 1.35. The van der Waals surface area contributed by atoms with Crippen LogP contribution >= 0.6 is 0 Å². The summed E-state index contributed by atoms with van der Waals surface area (Å²) in [5.41, 5.74) is 2.84. The van der Waals surface area contributed by atoms with Crippen LogP contribution in [0.4, 0.5) is 0 Å². The van der Waals surface area contributed by atoms with Crippen molar-refractivity contribution >= 4 is 11.8 Å². The van der Waals surface area contributed by atoms with Crippen molar-refractivity contribution < 1.29 is 19.4 Å². The fourth-order valence-electron chi connectivity index (χ4n) is 2.99. The third-order valence-electron chi connectivity index (χ3n) is 4.09. The smallest absolute Gasteiger partial charge is 0.338 e. The van der Waals surface area contributed by atoms with Crippen LogP contribution in [0, 0.1) is 5.92 Å². The SMILES string of the molecule is COC(=O)c1ccccc1CC1Cc2ccc(O)cc2C1=O. The van der Waals surface area contributed by atoms with Gasteiger partial charge in [0.25, 0.3) is 0 Å². The molecule has 0 aromatic heterocycles. The van der Waals surface area contributed by atoms with Crippen LogP contribution in [0.2, 0.25) is 0 Å². The molecule has 3 rings (SSSR count). The summed E-state index contributed by atoms with van der Waals surface area (Å²) >= 11 is 0. The molecule has 0 amide bonds. The fourth-order valence-corrected chi connectivity index (χ4v) is 2.99. The number of carbonyl (C=O) groups excluding carboxylic acids is 2. The summed E-state index contributed by atoms with van der Waals surface area (Å²) in [5, 5.41) is 9.53. The Balaban J connectivity index is 1.87. The standard InChI is InChI=1S/C18H16O4/c1-22-18(21)15-5-3-2-4-11(15)8-13-9-12-6-7-14(19)10-16(12)17(13)20/h2-7,10,13,19H,8-9H2,1H3. The Labute approximate surface area is 128 Å². The molecule has 0 spiro atoms. The predicted molar refractivity (Wildman–Crippen MR) is 81.1 cm³/mol. The van der Waals surface area contributed by atoms with Crippen molar-refractivity contribution in [2.75, 3.05) is 7.11 Å². The Morgan fingerprint density at radius 2 is 2.05 bits per heavy atom. The van der Waals surface area contributed by atoms with Crippen LogP contribution < -0.4 is 0 Å². The largest absolute Gasteiger partial charge is 0.508 e. The van der Waals surface area contributed by atoms with E-state index in [1.807, 2.05) is 12.1 Å². The van der Waals surface area contributed by atoms with Crippen LogP contribution in [0.25, 0.3) is 0 Å². The maximum absolute atomic E-state index is 12.5. The number of esters is 1. The number of benzene rings is 2. The molecule has 0 saturated heterocycles. The first kappa shape index (κ1) is 14.3. The Morgan fingerprint density at radius 3 is 2.82 bits per heavy atom. The molecule has 2 aromatic rings. The minimum absolute atomic E-state index is 0.0190. The van der Waals surface area contributed by atoms with E-state index in [2.05, 4.69) is 0 Å². The van der Waals surface area contributed by atoms with Gasteiger partial charge in [-0.15, -0.1) is 0 Å². The first-order valence-electron chi connectivity index (χ1n) is 7.12. The molecule has 2 aromatic carbocycles. The van der Waals surface area contributed by atoms with Gasteiger partial charge in [-0.3, -0.25) is 4.79 Å². The van der Waals surface area contributed by atoms with Gasteiger partial charge in [0, 0.05) is 11.5 Å². The van der Waals surface area contributed by atoms with Gasteiger partial charge in [0.05, 0.1) is 12.7 Å². The van der Waals surface area contributed by atoms with Gasteiger partial charge in [-0.05, 0) is 42.2 Å². The topological polar surface area (TPSA) is 63.6 Å². The normalized spacial score (nSPS) is 16.4. The number of aromatic hydroxyl groups is 1. The highest BCUT2D eigenvalue weighted by atomic mass is 16.5. The molecule has 4 nitrogen and oxygen atoms in total. The number of ketones is 1. The average Bonchev–Trinajstić information content (AvgIpc) is 2.83. The molecule has 1 aliphatic rings. The number of carbonyl (C=O) groups is 2. The Morgan fingerprint density at radius 1 is 1.27 bits per heavy atom. The lowest BCUT2D eigenvalue weighted by Crippen LogP contribution is -2.15. The average molecular weight is 296 g/mol. The number of rotatable bonds is 3. The number of hydrogen-bond donors (Lipinski definition) is 1. The van der Waals surface area contributed by atoms with E-state index in [4.69, 9.17) is 4.74 Å². The van der Waals surface area contributed by atoms with Crippen molar-refractivity contribution in [2.24, 2.45) is 5.92 Å². The molecular formula is C18H16O4. The Hall–Kier alpha value is -2.62. The van der Waals surface area contributed by atoms with Crippen LogP contribution in [0.1, 0.15) is 31.8 Å². The second-order valence-electron chi connectivity index (χ2n) is 5.46. The third kappa shape index (κ3) is 2.48. The molecule has 0 bridgehead atoms. The second kappa shape index (κ2) is 5.64. The van der Waals surface area contributed by atoms with Crippen LogP contribution in [0.3, 0.4) is 0 Å². The van der Waals surface area contributed by atoms with E-state index in [1.54, 1.807) is 24.3 Å². The van der Waals surface area contributed by atoms with E-state index in [-0.39, 0.29) is 17.5 Å². The van der Waals surface area contributed by atoms with Gasteiger partial charge in [0.15, 0.2) is 5.78 Å². The first-order valence-corrected chi connectivity index (χ1v) is 7.12. The molecule has 0 aliphatic heterocycles. The maximum atomic E-state index is 12.5. The molecule has 0 radical (unpaired) electrons. The first-order chi connectivity index (χ1) is 10.6. The molecule has 1 N–H and O–H groups in total. The monoisotopic (exact) mass is 296 g/mol. The molecule has 0 fully saturated rings. The van der Waals surface area contributed by atoms with Crippen molar-refractivity contribution in [1.82, 2.24) is 0 Å².